The average molecular weight is 342 g/mol. The predicted molar refractivity (Wildman–Crippen MR) is 98.7 cm³/mol. The standard InChI is InChI=1S/C18H22N4OS/c1-17(2,3)22-15-14-13(19-9-20-15)11-6-10-8-23-18(4,5)7-12(10)21-16(11)24-14/h6,9H,7-8H2,1-5H3,(H,19,20,22). The number of thiophene rings is 1. The Balaban J connectivity index is 1.91. The number of aromatic nitrogens is 3. The van der Waals surface area contributed by atoms with E-state index in [1.165, 1.54) is 5.56 Å². The number of rotatable bonds is 1. The Morgan fingerprint density at radius 3 is 2.79 bits per heavy atom. The molecule has 0 unspecified atom stereocenters. The highest BCUT2D eigenvalue weighted by atomic mass is 32.1. The van der Waals surface area contributed by atoms with E-state index >= 15 is 0 Å². The van der Waals surface area contributed by atoms with E-state index in [0.717, 1.165) is 38.4 Å². The van der Waals surface area contributed by atoms with Crippen LogP contribution in [0.15, 0.2) is 12.4 Å². The van der Waals surface area contributed by atoms with Crippen LogP contribution in [0.3, 0.4) is 0 Å². The molecule has 6 heteroatoms. The van der Waals surface area contributed by atoms with Gasteiger partial charge in [0.2, 0.25) is 0 Å². The molecule has 0 aliphatic carbocycles. The van der Waals surface area contributed by atoms with Gasteiger partial charge in [-0.3, -0.25) is 0 Å². The molecule has 5 nitrogen and oxygen atoms in total. The molecular formula is C18H22N4OS. The SMILES string of the molecule is CC(C)(C)Nc1ncnc2c1sc1nc3c(cc12)COC(C)(C)C3. The van der Waals surface area contributed by atoms with Crippen molar-refractivity contribution in [2.45, 2.75) is 58.8 Å². The molecule has 4 heterocycles. The fourth-order valence-electron chi connectivity index (χ4n) is 3.03. The minimum absolute atomic E-state index is 0.0536. The van der Waals surface area contributed by atoms with Gasteiger partial charge in [0.1, 0.15) is 17.0 Å². The Morgan fingerprint density at radius 2 is 2.04 bits per heavy atom. The molecule has 1 aliphatic rings. The molecule has 0 bridgehead atoms. The van der Waals surface area contributed by atoms with E-state index in [-0.39, 0.29) is 11.1 Å². The van der Waals surface area contributed by atoms with Gasteiger partial charge in [-0.2, -0.15) is 0 Å². The molecule has 0 spiro atoms. The lowest BCUT2D eigenvalue weighted by Crippen LogP contribution is -2.32. The summed E-state index contributed by atoms with van der Waals surface area (Å²) < 4.78 is 7.00. The number of nitrogens with zero attached hydrogens (tertiary/aromatic N) is 3. The topological polar surface area (TPSA) is 59.9 Å². The van der Waals surface area contributed by atoms with Crippen LogP contribution in [-0.4, -0.2) is 26.1 Å². The van der Waals surface area contributed by atoms with E-state index in [2.05, 4.69) is 56.0 Å². The number of ether oxygens (including phenoxy) is 1. The van der Waals surface area contributed by atoms with Crippen LogP contribution < -0.4 is 5.32 Å². The molecule has 0 saturated heterocycles. The number of fused-ring (bicyclic) bond motifs is 4. The Hall–Kier alpha value is -1.79. The summed E-state index contributed by atoms with van der Waals surface area (Å²) >= 11 is 1.66. The quantitative estimate of drug-likeness (QED) is 0.714. The second kappa shape index (κ2) is 5.10. The van der Waals surface area contributed by atoms with Gasteiger partial charge in [-0.05, 0) is 40.7 Å². The first kappa shape index (κ1) is 15.7. The second-order valence-corrected chi connectivity index (χ2v) is 9.05. The summed E-state index contributed by atoms with van der Waals surface area (Å²) in [5.41, 5.74) is 3.08. The maximum absolute atomic E-state index is 5.94. The highest BCUT2D eigenvalue weighted by Crippen LogP contribution is 2.38. The molecule has 0 amide bonds. The third-order valence-corrected chi connectivity index (χ3v) is 5.21. The number of nitrogens with one attached hydrogen (secondary N) is 1. The highest BCUT2D eigenvalue weighted by molar-refractivity contribution is 7.25. The van der Waals surface area contributed by atoms with E-state index in [1.54, 1.807) is 17.7 Å². The number of hydrogen-bond donors (Lipinski definition) is 1. The van der Waals surface area contributed by atoms with E-state index in [4.69, 9.17) is 9.72 Å². The van der Waals surface area contributed by atoms with Crippen molar-refractivity contribution in [1.29, 1.82) is 0 Å². The summed E-state index contributed by atoms with van der Waals surface area (Å²) in [5.74, 6) is 0.880. The van der Waals surface area contributed by atoms with E-state index in [1.807, 2.05) is 0 Å². The van der Waals surface area contributed by atoms with Crippen LogP contribution >= 0.6 is 11.3 Å². The summed E-state index contributed by atoms with van der Waals surface area (Å²) in [5, 5.41) is 4.57. The third-order valence-electron chi connectivity index (χ3n) is 4.12. The summed E-state index contributed by atoms with van der Waals surface area (Å²) in [7, 11) is 0. The van der Waals surface area contributed by atoms with Crippen molar-refractivity contribution in [3.63, 3.8) is 0 Å². The summed E-state index contributed by atoms with van der Waals surface area (Å²) in [6, 6.07) is 2.19. The lowest BCUT2D eigenvalue weighted by molar-refractivity contribution is -0.0411. The first-order valence-corrected chi connectivity index (χ1v) is 9.02. The van der Waals surface area contributed by atoms with Crippen LogP contribution in [0.4, 0.5) is 5.82 Å². The van der Waals surface area contributed by atoms with Crippen molar-refractivity contribution in [3.8, 4) is 0 Å². The van der Waals surface area contributed by atoms with E-state index in [0.29, 0.717) is 6.61 Å². The van der Waals surface area contributed by atoms with Gasteiger partial charge in [0.15, 0.2) is 0 Å². The molecule has 4 rings (SSSR count). The van der Waals surface area contributed by atoms with Gasteiger partial charge in [0.05, 0.1) is 28.1 Å². The zero-order valence-corrected chi connectivity index (χ0v) is 15.5. The van der Waals surface area contributed by atoms with Gasteiger partial charge in [0, 0.05) is 22.9 Å². The lowest BCUT2D eigenvalue weighted by atomic mass is 9.95. The molecule has 1 N–H and O–H groups in total. The van der Waals surface area contributed by atoms with Gasteiger partial charge >= 0.3 is 0 Å². The minimum atomic E-state index is -0.150. The Bertz CT molecular complexity index is 939. The molecule has 3 aromatic rings. The van der Waals surface area contributed by atoms with Gasteiger partial charge in [-0.1, -0.05) is 0 Å². The molecule has 0 saturated carbocycles. The zero-order valence-electron chi connectivity index (χ0n) is 14.7. The first-order valence-electron chi connectivity index (χ1n) is 8.20. The maximum Gasteiger partial charge on any atom is 0.147 e. The van der Waals surface area contributed by atoms with Gasteiger partial charge in [-0.15, -0.1) is 11.3 Å². The molecule has 126 valence electrons. The minimum Gasteiger partial charge on any atom is -0.370 e. The first-order chi connectivity index (χ1) is 11.2. The van der Waals surface area contributed by atoms with Crippen LogP contribution in [0.25, 0.3) is 20.4 Å². The van der Waals surface area contributed by atoms with Gasteiger partial charge in [-0.25, -0.2) is 15.0 Å². The largest absolute Gasteiger partial charge is 0.370 e. The van der Waals surface area contributed by atoms with Crippen molar-refractivity contribution >= 4 is 37.6 Å². The normalized spacial score (nSPS) is 17.2. The molecule has 3 aromatic heterocycles. The van der Waals surface area contributed by atoms with Crippen molar-refractivity contribution in [3.05, 3.63) is 23.7 Å². The van der Waals surface area contributed by atoms with E-state index < -0.39 is 0 Å². The van der Waals surface area contributed by atoms with Crippen LogP contribution in [0.1, 0.15) is 45.9 Å². The van der Waals surface area contributed by atoms with Crippen molar-refractivity contribution < 1.29 is 4.74 Å². The smallest absolute Gasteiger partial charge is 0.147 e. The van der Waals surface area contributed by atoms with Crippen molar-refractivity contribution in [2.24, 2.45) is 0 Å². The number of hydrogen-bond acceptors (Lipinski definition) is 6. The fraction of sp³-hybridized carbons (Fsp3) is 0.500. The molecule has 0 aromatic carbocycles. The Labute approximate surface area is 145 Å². The molecule has 0 atom stereocenters. The lowest BCUT2D eigenvalue weighted by Gasteiger charge is -2.30. The molecule has 0 radical (unpaired) electrons. The maximum atomic E-state index is 5.94. The van der Waals surface area contributed by atoms with Crippen LogP contribution in [0, 0.1) is 0 Å². The monoisotopic (exact) mass is 342 g/mol. The van der Waals surface area contributed by atoms with Gasteiger partial charge in [0.25, 0.3) is 0 Å². The molecule has 1 aliphatic heterocycles. The number of anilines is 1. The highest BCUT2D eigenvalue weighted by Gasteiger charge is 2.28. The van der Waals surface area contributed by atoms with Crippen LogP contribution in [-0.2, 0) is 17.8 Å². The molecular weight excluding hydrogens is 320 g/mol. The zero-order chi connectivity index (χ0) is 17.1. The van der Waals surface area contributed by atoms with E-state index in [9.17, 15) is 0 Å². The summed E-state index contributed by atoms with van der Waals surface area (Å²) in [4.78, 5) is 14.9. The van der Waals surface area contributed by atoms with Crippen molar-refractivity contribution in [2.75, 3.05) is 5.32 Å². The third kappa shape index (κ3) is 2.74. The Kier molecular flexibility index (Phi) is 3.34. The fourth-order valence-corrected chi connectivity index (χ4v) is 4.10. The molecule has 24 heavy (non-hydrogen) atoms. The average Bonchev–Trinajstić information content (AvgIpc) is 2.81. The summed E-state index contributed by atoms with van der Waals surface area (Å²) in [6.45, 7) is 11.2. The van der Waals surface area contributed by atoms with Gasteiger partial charge < -0.3 is 10.1 Å². The molecule has 0 fully saturated rings. The van der Waals surface area contributed by atoms with Crippen molar-refractivity contribution in [1.82, 2.24) is 15.0 Å². The van der Waals surface area contributed by atoms with Crippen LogP contribution in [0.5, 0.6) is 0 Å². The number of pyridine rings is 1. The predicted octanol–water partition coefficient (Wildman–Crippen LogP) is 4.30. The Morgan fingerprint density at radius 1 is 1.25 bits per heavy atom. The second-order valence-electron chi connectivity index (χ2n) is 8.05. The summed E-state index contributed by atoms with van der Waals surface area (Å²) in [6.07, 6.45) is 2.47. The van der Waals surface area contributed by atoms with Crippen LogP contribution in [0.2, 0.25) is 0 Å².